The van der Waals surface area contributed by atoms with Crippen molar-refractivity contribution >= 4 is 10.0 Å². The molecule has 0 aliphatic heterocycles. The lowest BCUT2D eigenvalue weighted by molar-refractivity contribution is 0.0276. The Balaban J connectivity index is 2.77. The summed E-state index contributed by atoms with van der Waals surface area (Å²) in [5.74, 6) is 0. The van der Waals surface area contributed by atoms with Crippen molar-refractivity contribution in [1.29, 1.82) is 0 Å². The van der Waals surface area contributed by atoms with Crippen LogP contribution in [0.4, 0.5) is 0 Å². The fraction of sp³-hybridized carbons (Fsp3) is 0.538. The van der Waals surface area contributed by atoms with E-state index < -0.39 is 15.6 Å². The molecule has 0 radical (unpaired) electrons. The molecule has 2 N–H and O–H groups in total. The molecule has 6 heteroatoms. The molecule has 1 aromatic rings. The maximum atomic E-state index is 12.0. The number of hydrogen-bond acceptors (Lipinski definition) is 4. The van der Waals surface area contributed by atoms with Crippen molar-refractivity contribution in [3.63, 3.8) is 0 Å². The summed E-state index contributed by atoms with van der Waals surface area (Å²) in [7, 11) is -1.99. The van der Waals surface area contributed by atoms with Crippen LogP contribution in [-0.4, -0.2) is 39.4 Å². The molecule has 1 aromatic carbocycles. The number of methoxy groups -OCH3 is 1. The Morgan fingerprint density at radius 2 is 1.84 bits per heavy atom. The summed E-state index contributed by atoms with van der Waals surface area (Å²) in [5.41, 5.74) is 0.350. The molecule has 0 saturated carbocycles. The van der Waals surface area contributed by atoms with E-state index in [9.17, 15) is 8.42 Å². The normalized spacial score (nSPS) is 12.6. The van der Waals surface area contributed by atoms with E-state index in [-0.39, 0.29) is 18.0 Å². The molecule has 0 saturated heterocycles. The van der Waals surface area contributed by atoms with Crippen LogP contribution in [0, 0.1) is 0 Å². The van der Waals surface area contributed by atoms with Crippen molar-refractivity contribution in [1.82, 2.24) is 4.72 Å². The molecule has 0 fully saturated rings. The maximum Gasteiger partial charge on any atom is 0.240 e. The van der Waals surface area contributed by atoms with Crippen molar-refractivity contribution in [3.8, 4) is 0 Å². The fourth-order valence-corrected chi connectivity index (χ4v) is 2.59. The van der Waals surface area contributed by atoms with Gasteiger partial charge in [0.25, 0.3) is 0 Å². The molecular weight excluding hydrogens is 266 g/mol. The van der Waals surface area contributed by atoms with Gasteiger partial charge < -0.3 is 9.84 Å². The van der Waals surface area contributed by atoms with Gasteiger partial charge in [0, 0.05) is 20.3 Å². The summed E-state index contributed by atoms with van der Waals surface area (Å²) in [6.45, 7) is 3.86. The van der Waals surface area contributed by atoms with Gasteiger partial charge in [-0.05, 0) is 38.0 Å². The molecule has 0 spiro atoms. The number of ether oxygens (including phenoxy) is 1. The number of rotatable bonds is 7. The second-order valence-electron chi connectivity index (χ2n) is 4.91. The van der Waals surface area contributed by atoms with Gasteiger partial charge in [0.2, 0.25) is 10.0 Å². The van der Waals surface area contributed by atoms with Crippen LogP contribution in [0.2, 0.25) is 0 Å². The topological polar surface area (TPSA) is 75.6 Å². The summed E-state index contributed by atoms with van der Waals surface area (Å²) in [5, 5.41) is 8.81. The zero-order valence-electron chi connectivity index (χ0n) is 11.5. The summed E-state index contributed by atoms with van der Waals surface area (Å²) in [6, 6.07) is 6.47. The Kier molecular flexibility index (Phi) is 5.49. The van der Waals surface area contributed by atoms with Gasteiger partial charge in [-0.1, -0.05) is 12.1 Å². The lowest BCUT2D eigenvalue weighted by atomic mass is 10.1. The van der Waals surface area contributed by atoms with Crippen LogP contribution >= 0.6 is 0 Å². The lowest BCUT2D eigenvalue weighted by Crippen LogP contribution is -2.39. The van der Waals surface area contributed by atoms with Gasteiger partial charge in [0.05, 0.1) is 10.5 Å². The first kappa shape index (κ1) is 16.1. The molecule has 5 nitrogen and oxygen atoms in total. The number of aliphatic hydroxyl groups excluding tert-OH is 1. The predicted molar refractivity (Wildman–Crippen MR) is 73.5 cm³/mol. The summed E-state index contributed by atoms with van der Waals surface area (Å²) in [4.78, 5) is 0.209. The van der Waals surface area contributed by atoms with Crippen molar-refractivity contribution < 1.29 is 18.3 Å². The first-order valence-corrected chi connectivity index (χ1v) is 7.54. The van der Waals surface area contributed by atoms with Gasteiger partial charge in [-0.2, -0.15) is 0 Å². The molecule has 0 bridgehead atoms. The summed E-state index contributed by atoms with van der Waals surface area (Å²) >= 11 is 0. The molecule has 0 aromatic heterocycles. The average molecular weight is 287 g/mol. The minimum absolute atomic E-state index is 0.0480. The van der Waals surface area contributed by atoms with E-state index in [1.165, 1.54) is 19.2 Å². The van der Waals surface area contributed by atoms with E-state index in [2.05, 4.69) is 4.72 Å². The maximum absolute atomic E-state index is 12.0. The van der Waals surface area contributed by atoms with Crippen LogP contribution in [-0.2, 0) is 21.2 Å². The van der Waals surface area contributed by atoms with Crippen LogP contribution in [0.1, 0.15) is 19.4 Å². The minimum atomic E-state index is -3.53. The summed E-state index contributed by atoms with van der Waals surface area (Å²) in [6.07, 6.45) is 0.518. The Hall–Kier alpha value is -0.950. The monoisotopic (exact) mass is 287 g/mol. The van der Waals surface area contributed by atoms with Crippen molar-refractivity contribution in [2.75, 3.05) is 20.3 Å². The van der Waals surface area contributed by atoms with Crippen LogP contribution < -0.4 is 4.72 Å². The van der Waals surface area contributed by atoms with E-state index in [0.29, 0.717) is 6.42 Å². The Morgan fingerprint density at radius 1 is 1.26 bits per heavy atom. The highest BCUT2D eigenvalue weighted by atomic mass is 32.2. The highest BCUT2D eigenvalue weighted by Crippen LogP contribution is 2.12. The quantitative estimate of drug-likeness (QED) is 0.782. The smallest absolute Gasteiger partial charge is 0.240 e. The van der Waals surface area contributed by atoms with Crippen molar-refractivity contribution in [3.05, 3.63) is 29.8 Å². The number of hydrogen-bond donors (Lipinski definition) is 2. The largest absolute Gasteiger partial charge is 0.396 e. The second kappa shape index (κ2) is 6.47. The summed E-state index contributed by atoms with van der Waals surface area (Å²) < 4.78 is 31.8. The Morgan fingerprint density at radius 3 is 2.32 bits per heavy atom. The molecule has 0 unspecified atom stereocenters. The zero-order valence-corrected chi connectivity index (χ0v) is 12.3. The Bertz CT molecular complexity index is 494. The van der Waals surface area contributed by atoms with E-state index in [0.717, 1.165) is 5.56 Å². The van der Waals surface area contributed by atoms with E-state index >= 15 is 0 Å². The van der Waals surface area contributed by atoms with Gasteiger partial charge in [0.1, 0.15) is 0 Å². The molecule has 19 heavy (non-hydrogen) atoms. The predicted octanol–water partition coefficient (Wildman–Crippen LogP) is 0.925. The van der Waals surface area contributed by atoms with Gasteiger partial charge in [-0.25, -0.2) is 13.1 Å². The molecular formula is C13H21NO4S. The van der Waals surface area contributed by atoms with Crippen LogP contribution in [0.15, 0.2) is 29.2 Å². The highest BCUT2D eigenvalue weighted by Gasteiger charge is 2.21. The molecule has 1 rings (SSSR count). The van der Waals surface area contributed by atoms with Gasteiger partial charge in [-0.3, -0.25) is 0 Å². The molecule has 0 heterocycles. The van der Waals surface area contributed by atoms with E-state index in [1.807, 2.05) is 0 Å². The van der Waals surface area contributed by atoms with E-state index in [1.54, 1.807) is 26.0 Å². The number of benzene rings is 1. The Labute approximate surface area is 114 Å². The number of sulfonamides is 1. The van der Waals surface area contributed by atoms with Crippen LogP contribution in [0.3, 0.4) is 0 Å². The minimum Gasteiger partial charge on any atom is -0.396 e. The molecule has 0 atom stereocenters. The van der Waals surface area contributed by atoms with Gasteiger partial charge in [0.15, 0.2) is 0 Å². The molecule has 0 aliphatic rings. The third-order valence-corrected chi connectivity index (χ3v) is 4.29. The standard InChI is InChI=1S/C13H21NO4S/c1-13(2,18-3)10-14-19(16,17)12-6-4-11(5-7-12)8-9-15/h4-7,14-15H,8-10H2,1-3H3. The van der Waals surface area contributed by atoms with Crippen molar-refractivity contribution in [2.45, 2.75) is 30.8 Å². The van der Waals surface area contributed by atoms with Gasteiger partial charge >= 0.3 is 0 Å². The first-order valence-electron chi connectivity index (χ1n) is 6.05. The fourth-order valence-electron chi connectivity index (χ4n) is 1.39. The van der Waals surface area contributed by atoms with Gasteiger partial charge in [-0.15, -0.1) is 0 Å². The molecule has 0 amide bonds. The number of aliphatic hydroxyl groups is 1. The SMILES string of the molecule is COC(C)(C)CNS(=O)(=O)c1ccc(CCO)cc1. The third kappa shape index (κ3) is 4.91. The number of nitrogens with one attached hydrogen (secondary N) is 1. The lowest BCUT2D eigenvalue weighted by Gasteiger charge is -2.23. The first-order chi connectivity index (χ1) is 8.80. The molecule has 108 valence electrons. The second-order valence-corrected chi connectivity index (χ2v) is 6.67. The van der Waals surface area contributed by atoms with Crippen LogP contribution in [0.5, 0.6) is 0 Å². The highest BCUT2D eigenvalue weighted by molar-refractivity contribution is 7.89. The molecule has 0 aliphatic carbocycles. The zero-order chi connectivity index (χ0) is 14.5. The third-order valence-electron chi connectivity index (χ3n) is 2.87. The van der Waals surface area contributed by atoms with Crippen LogP contribution in [0.25, 0.3) is 0 Å². The average Bonchev–Trinajstić information content (AvgIpc) is 2.38. The van der Waals surface area contributed by atoms with Crippen molar-refractivity contribution in [2.24, 2.45) is 0 Å². The van der Waals surface area contributed by atoms with E-state index in [4.69, 9.17) is 9.84 Å².